The molecule has 10 heteroatoms. The molecule has 32 heavy (non-hydrogen) atoms. The van der Waals surface area contributed by atoms with Crippen LogP contribution in [0.1, 0.15) is 29.2 Å². The van der Waals surface area contributed by atoms with Gasteiger partial charge >= 0.3 is 0 Å². The molecule has 2 N–H and O–H groups in total. The van der Waals surface area contributed by atoms with Crippen molar-refractivity contribution in [3.05, 3.63) is 40.9 Å². The second kappa shape index (κ2) is 7.63. The number of carbonyl (C=O) groups excluding carboxylic acids is 1. The third-order valence-corrected chi connectivity index (χ3v) is 6.51. The lowest BCUT2D eigenvalue weighted by molar-refractivity contribution is 0.0901. The van der Waals surface area contributed by atoms with Crippen LogP contribution in [0, 0.1) is 0 Å². The maximum atomic E-state index is 12.6. The van der Waals surface area contributed by atoms with Crippen LogP contribution in [0.3, 0.4) is 0 Å². The zero-order valence-corrected chi connectivity index (χ0v) is 19.3. The topological polar surface area (TPSA) is 95.5 Å². The second-order valence-corrected chi connectivity index (χ2v) is 9.74. The highest BCUT2D eigenvalue weighted by atomic mass is 32.1. The fourth-order valence-corrected chi connectivity index (χ4v) is 4.87. The van der Waals surface area contributed by atoms with Gasteiger partial charge in [0.05, 0.1) is 17.9 Å². The van der Waals surface area contributed by atoms with Gasteiger partial charge < -0.3 is 25.2 Å². The average molecular weight is 452 g/mol. The van der Waals surface area contributed by atoms with Crippen LogP contribution in [-0.4, -0.2) is 53.9 Å². The third kappa shape index (κ3) is 3.81. The Bertz CT molecular complexity index is 1170. The summed E-state index contributed by atoms with van der Waals surface area (Å²) < 4.78 is 5.87. The Labute approximate surface area is 190 Å². The molecule has 2 aliphatic rings. The van der Waals surface area contributed by atoms with E-state index in [0.29, 0.717) is 30.3 Å². The molecule has 0 atom stereocenters. The van der Waals surface area contributed by atoms with Gasteiger partial charge in [-0.1, -0.05) is 11.3 Å². The summed E-state index contributed by atoms with van der Waals surface area (Å²) in [6.07, 6.45) is 0.713. The highest BCUT2D eigenvalue weighted by Crippen LogP contribution is 2.42. The Balaban J connectivity index is 1.44. The molecule has 0 aliphatic carbocycles. The molecule has 0 saturated heterocycles. The number of hydrogen-bond donors (Lipinski definition) is 2. The largest absolute Gasteiger partial charge is 0.490 e. The first kappa shape index (κ1) is 20.5. The number of aromatic nitrogens is 3. The monoisotopic (exact) mass is 451 g/mol. The molecule has 0 spiro atoms. The first-order chi connectivity index (χ1) is 15.3. The van der Waals surface area contributed by atoms with E-state index in [4.69, 9.17) is 9.72 Å². The molecular weight excluding hydrogens is 426 g/mol. The molecule has 0 radical (unpaired) electrons. The van der Waals surface area contributed by atoms with E-state index in [1.807, 2.05) is 63.2 Å². The van der Waals surface area contributed by atoms with E-state index < -0.39 is 0 Å². The summed E-state index contributed by atoms with van der Waals surface area (Å²) in [5, 5.41) is 15.6. The number of ether oxygens (including phenoxy) is 1. The minimum Gasteiger partial charge on any atom is -0.490 e. The Morgan fingerprint density at radius 3 is 2.81 bits per heavy atom. The van der Waals surface area contributed by atoms with Gasteiger partial charge in [-0.3, -0.25) is 4.79 Å². The van der Waals surface area contributed by atoms with Crippen molar-refractivity contribution in [3.8, 4) is 5.75 Å². The zero-order chi connectivity index (χ0) is 22.5. The summed E-state index contributed by atoms with van der Waals surface area (Å²) >= 11 is 1.43. The maximum absolute atomic E-state index is 12.6. The molecule has 3 aromatic rings. The number of rotatable bonds is 4. The number of fused-ring (bicyclic) bond motifs is 2. The smallest absolute Gasteiger partial charge is 0.263 e. The van der Waals surface area contributed by atoms with Gasteiger partial charge in [0.1, 0.15) is 17.2 Å². The molecule has 0 unspecified atom stereocenters. The van der Waals surface area contributed by atoms with Gasteiger partial charge in [-0.05, 0) is 44.2 Å². The van der Waals surface area contributed by atoms with Gasteiger partial charge in [-0.2, -0.15) is 0 Å². The minimum atomic E-state index is -0.293. The summed E-state index contributed by atoms with van der Waals surface area (Å²) in [6, 6.07) is 9.71. The molecule has 166 valence electrons. The standard InChI is InChI=1S/C22H25N7O2S/c1-22(2)12-14-19(20(30)25-22)32-21(24-14)29-9-10-31-16-6-5-13(11-15(16)29)23-17-7-8-18(27-26-17)28(3)4/h5-8,11H,9-10,12H2,1-4H3,(H,23,26)(H,25,30). The number of thiazole rings is 1. The van der Waals surface area contributed by atoms with Gasteiger partial charge in [0, 0.05) is 31.7 Å². The van der Waals surface area contributed by atoms with E-state index in [1.54, 1.807) is 0 Å². The van der Waals surface area contributed by atoms with Gasteiger partial charge in [0.15, 0.2) is 16.8 Å². The summed E-state index contributed by atoms with van der Waals surface area (Å²) in [5.41, 5.74) is 2.34. The molecular formula is C22H25N7O2S. The number of anilines is 5. The van der Waals surface area contributed by atoms with E-state index >= 15 is 0 Å². The number of amides is 1. The predicted molar refractivity (Wildman–Crippen MR) is 126 cm³/mol. The summed E-state index contributed by atoms with van der Waals surface area (Å²) in [7, 11) is 3.85. The van der Waals surface area contributed by atoms with Crippen LogP contribution < -0.4 is 25.2 Å². The first-order valence-corrected chi connectivity index (χ1v) is 11.3. The Morgan fingerprint density at radius 1 is 1.22 bits per heavy atom. The molecule has 9 nitrogen and oxygen atoms in total. The maximum Gasteiger partial charge on any atom is 0.263 e. The molecule has 0 bridgehead atoms. The van der Waals surface area contributed by atoms with Crippen molar-refractivity contribution in [3.63, 3.8) is 0 Å². The normalized spacial score (nSPS) is 16.5. The highest BCUT2D eigenvalue weighted by molar-refractivity contribution is 7.17. The number of benzene rings is 1. The van der Waals surface area contributed by atoms with Crippen LogP contribution in [0.2, 0.25) is 0 Å². The van der Waals surface area contributed by atoms with E-state index in [0.717, 1.165) is 33.8 Å². The summed E-state index contributed by atoms with van der Waals surface area (Å²) in [4.78, 5) is 22.1. The third-order valence-electron chi connectivity index (χ3n) is 5.39. The molecule has 2 aromatic heterocycles. The van der Waals surface area contributed by atoms with Crippen LogP contribution in [0.15, 0.2) is 30.3 Å². The highest BCUT2D eigenvalue weighted by Gasteiger charge is 2.34. The number of hydrogen-bond acceptors (Lipinski definition) is 9. The Kier molecular flexibility index (Phi) is 4.89. The number of nitrogens with zero attached hydrogens (tertiary/aromatic N) is 5. The Hall–Kier alpha value is -3.40. The fraction of sp³-hybridized carbons (Fsp3) is 0.364. The van der Waals surface area contributed by atoms with Crippen molar-refractivity contribution in [2.75, 3.05) is 42.4 Å². The lowest BCUT2D eigenvalue weighted by Crippen LogP contribution is -2.48. The van der Waals surface area contributed by atoms with Gasteiger partial charge in [-0.25, -0.2) is 4.98 Å². The van der Waals surface area contributed by atoms with E-state index in [1.165, 1.54) is 11.3 Å². The molecule has 0 fully saturated rings. The van der Waals surface area contributed by atoms with Gasteiger partial charge in [-0.15, -0.1) is 10.2 Å². The zero-order valence-electron chi connectivity index (χ0n) is 18.5. The van der Waals surface area contributed by atoms with E-state index in [2.05, 4.69) is 25.7 Å². The van der Waals surface area contributed by atoms with E-state index in [-0.39, 0.29) is 11.4 Å². The van der Waals surface area contributed by atoms with Crippen LogP contribution in [0.25, 0.3) is 0 Å². The quantitative estimate of drug-likeness (QED) is 0.624. The van der Waals surface area contributed by atoms with E-state index in [9.17, 15) is 4.79 Å². The SMILES string of the molecule is CN(C)c1ccc(Nc2ccc3c(c2)N(c2nc4c(s2)C(=O)NC(C)(C)C4)CCO3)nn1. The van der Waals surface area contributed by atoms with Crippen molar-refractivity contribution in [2.24, 2.45) is 0 Å². The molecule has 1 aromatic carbocycles. The van der Waals surface area contributed by atoms with Crippen LogP contribution in [-0.2, 0) is 6.42 Å². The summed E-state index contributed by atoms with van der Waals surface area (Å²) in [5.74, 6) is 2.18. The average Bonchev–Trinajstić information content (AvgIpc) is 3.16. The molecule has 5 rings (SSSR count). The molecule has 1 amide bonds. The Morgan fingerprint density at radius 2 is 2.06 bits per heavy atom. The van der Waals surface area contributed by atoms with Crippen molar-refractivity contribution in [2.45, 2.75) is 25.8 Å². The van der Waals surface area contributed by atoms with Crippen LogP contribution in [0.5, 0.6) is 5.75 Å². The lowest BCUT2D eigenvalue weighted by Gasteiger charge is -2.29. The van der Waals surface area contributed by atoms with Crippen molar-refractivity contribution >= 4 is 45.4 Å². The fourth-order valence-electron chi connectivity index (χ4n) is 3.85. The lowest BCUT2D eigenvalue weighted by atomic mass is 9.94. The van der Waals surface area contributed by atoms with Crippen LogP contribution in [0.4, 0.5) is 28.1 Å². The summed E-state index contributed by atoms with van der Waals surface area (Å²) in [6.45, 7) is 5.25. The van der Waals surface area contributed by atoms with Gasteiger partial charge in [0.2, 0.25) is 0 Å². The van der Waals surface area contributed by atoms with Crippen molar-refractivity contribution < 1.29 is 9.53 Å². The second-order valence-electron chi connectivity index (χ2n) is 8.77. The molecule has 4 heterocycles. The molecule has 2 aliphatic heterocycles. The van der Waals surface area contributed by atoms with Crippen molar-refractivity contribution in [1.29, 1.82) is 0 Å². The minimum absolute atomic E-state index is 0.0522. The predicted octanol–water partition coefficient (Wildman–Crippen LogP) is 3.34. The first-order valence-electron chi connectivity index (χ1n) is 10.4. The van der Waals surface area contributed by atoms with Crippen LogP contribution >= 0.6 is 11.3 Å². The molecule has 0 saturated carbocycles. The van der Waals surface area contributed by atoms with Crippen molar-refractivity contribution in [1.82, 2.24) is 20.5 Å². The number of carbonyl (C=O) groups is 1. The van der Waals surface area contributed by atoms with Gasteiger partial charge in [0.25, 0.3) is 5.91 Å². The number of nitrogens with one attached hydrogen (secondary N) is 2.